The highest BCUT2D eigenvalue weighted by Gasteiger charge is 2.51. The van der Waals surface area contributed by atoms with Gasteiger partial charge in [0.2, 0.25) is 0 Å². The van der Waals surface area contributed by atoms with Gasteiger partial charge >= 0.3 is 0 Å². The Kier molecular flexibility index (Phi) is 3.80. The van der Waals surface area contributed by atoms with E-state index in [-0.39, 0.29) is 12.5 Å². The van der Waals surface area contributed by atoms with Gasteiger partial charge in [0.15, 0.2) is 0 Å². The minimum absolute atomic E-state index is 0.0470. The van der Waals surface area contributed by atoms with Crippen LogP contribution in [0.4, 0.5) is 0 Å². The molecule has 20 heavy (non-hydrogen) atoms. The molecule has 1 atom stereocenters. The Morgan fingerprint density at radius 2 is 1.75 bits per heavy atom. The highest BCUT2D eigenvalue weighted by molar-refractivity contribution is 5.81. The summed E-state index contributed by atoms with van der Waals surface area (Å²) in [6.45, 7) is 1.16. The van der Waals surface area contributed by atoms with E-state index in [0.29, 0.717) is 5.41 Å². The lowest BCUT2D eigenvalue weighted by atomic mass is 9.49. The molecule has 0 heterocycles. The van der Waals surface area contributed by atoms with Crippen LogP contribution in [0.1, 0.15) is 38.5 Å². The van der Waals surface area contributed by atoms with Crippen LogP contribution in [0, 0.1) is 23.2 Å². The molecule has 1 unspecified atom stereocenters. The van der Waals surface area contributed by atoms with Crippen LogP contribution in [0.15, 0.2) is 0 Å². The van der Waals surface area contributed by atoms with Gasteiger partial charge in [-0.2, -0.15) is 0 Å². The molecule has 4 rings (SSSR count). The predicted molar refractivity (Wildman–Crippen MR) is 78.1 cm³/mol. The molecule has 4 heteroatoms. The third-order valence-electron chi connectivity index (χ3n) is 5.89. The fourth-order valence-corrected chi connectivity index (χ4v) is 5.61. The maximum Gasteiger partial charge on any atom is 0.252 e. The largest absolute Gasteiger partial charge is 0.370 e. The molecule has 114 valence electrons. The third-order valence-corrected chi connectivity index (χ3v) is 5.89. The van der Waals surface area contributed by atoms with Crippen LogP contribution in [-0.4, -0.2) is 44.2 Å². The van der Waals surface area contributed by atoms with Gasteiger partial charge in [-0.1, -0.05) is 0 Å². The Morgan fingerprint density at radius 3 is 2.15 bits per heavy atom. The van der Waals surface area contributed by atoms with E-state index in [2.05, 4.69) is 0 Å². The lowest BCUT2D eigenvalue weighted by Gasteiger charge is -2.57. The first kappa shape index (κ1) is 14.3. The molecule has 4 nitrogen and oxygen atoms in total. The monoisotopic (exact) mass is 280 g/mol. The first-order valence-electron chi connectivity index (χ1n) is 8.03. The van der Waals surface area contributed by atoms with Gasteiger partial charge in [0, 0.05) is 27.2 Å². The smallest absolute Gasteiger partial charge is 0.252 e. The predicted octanol–water partition coefficient (Wildman–Crippen LogP) is 1.63. The Labute approximate surface area is 122 Å². The molecule has 4 fully saturated rings. The van der Waals surface area contributed by atoms with Crippen LogP contribution < -0.4 is 5.73 Å². The summed E-state index contributed by atoms with van der Waals surface area (Å²) in [7, 11) is 3.48. The molecule has 0 spiro atoms. The zero-order chi connectivity index (χ0) is 14.3. The topological polar surface area (TPSA) is 55.6 Å². The Morgan fingerprint density at radius 1 is 1.25 bits per heavy atom. The molecule has 0 aromatic carbocycles. The van der Waals surface area contributed by atoms with Gasteiger partial charge in [-0.3, -0.25) is 4.79 Å². The highest BCUT2D eigenvalue weighted by atomic mass is 16.5. The van der Waals surface area contributed by atoms with Crippen molar-refractivity contribution in [1.82, 2.24) is 4.90 Å². The zero-order valence-electron chi connectivity index (χ0n) is 12.8. The molecule has 4 aliphatic carbocycles. The van der Waals surface area contributed by atoms with Crippen LogP contribution in [0.3, 0.4) is 0 Å². The van der Waals surface area contributed by atoms with Crippen molar-refractivity contribution in [2.75, 3.05) is 27.2 Å². The molecule has 0 radical (unpaired) electrons. The lowest BCUT2D eigenvalue weighted by molar-refractivity contribution is -0.145. The number of nitrogens with two attached hydrogens (primary N) is 1. The molecule has 0 saturated heterocycles. The third kappa shape index (κ3) is 2.48. The molecule has 0 aromatic heterocycles. The summed E-state index contributed by atoms with van der Waals surface area (Å²) in [6, 6.07) is 0. The lowest BCUT2D eigenvalue weighted by Crippen LogP contribution is -2.53. The van der Waals surface area contributed by atoms with Crippen molar-refractivity contribution in [2.45, 2.75) is 44.6 Å². The summed E-state index contributed by atoms with van der Waals surface area (Å²) in [4.78, 5) is 14.2. The summed E-state index contributed by atoms with van der Waals surface area (Å²) in [5, 5.41) is 0. The first-order valence-corrected chi connectivity index (χ1v) is 8.03. The van der Waals surface area contributed by atoms with Crippen molar-refractivity contribution in [2.24, 2.45) is 28.9 Å². The Bertz CT molecular complexity index is 343. The molecule has 0 aromatic rings. The van der Waals surface area contributed by atoms with Crippen molar-refractivity contribution in [1.29, 1.82) is 0 Å². The van der Waals surface area contributed by atoms with Crippen LogP contribution in [-0.2, 0) is 9.53 Å². The summed E-state index contributed by atoms with van der Waals surface area (Å²) in [5.74, 6) is 2.83. The minimum atomic E-state index is -0.478. The van der Waals surface area contributed by atoms with Gasteiger partial charge < -0.3 is 15.4 Å². The Hall–Kier alpha value is -0.610. The van der Waals surface area contributed by atoms with Gasteiger partial charge in [-0.25, -0.2) is 0 Å². The second-order valence-electron chi connectivity index (χ2n) is 7.57. The van der Waals surface area contributed by atoms with E-state index in [4.69, 9.17) is 10.5 Å². The number of ether oxygens (including phenoxy) is 1. The Balaban J connectivity index is 1.66. The van der Waals surface area contributed by atoms with Crippen LogP contribution >= 0.6 is 0 Å². The fourth-order valence-electron chi connectivity index (χ4n) is 5.61. The normalized spacial score (nSPS) is 39.9. The maximum absolute atomic E-state index is 12.4. The molecular weight excluding hydrogens is 252 g/mol. The van der Waals surface area contributed by atoms with Gasteiger partial charge in [-0.05, 0) is 61.7 Å². The van der Waals surface area contributed by atoms with Crippen LogP contribution in [0.2, 0.25) is 0 Å². The second kappa shape index (κ2) is 5.30. The minimum Gasteiger partial charge on any atom is -0.370 e. The van der Waals surface area contributed by atoms with E-state index in [1.807, 2.05) is 11.9 Å². The maximum atomic E-state index is 12.4. The molecule has 1 amide bonds. The van der Waals surface area contributed by atoms with Crippen LogP contribution in [0.25, 0.3) is 0 Å². The van der Waals surface area contributed by atoms with Gasteiger partial charge in [0.1, 0.15) is 6.10 Å². The average molecular weight is 280 g/mol. The quantitative estimate of drug-likeness (QED) is 0.833. The number of nitrogens with zero attached hydrogens (tertiary/aromatic N) is 1. The van der Waals surface area contributed by atoms with Gasteiger partial charge in [0.25, 0.3) is 5.91 Å². The fraction of sp³-hybridized carbons (Fsp3) is 0.938. The number of rotatable bonds is 5. The van der Waals surface area contributed by atoms with E-state index in [1.54, 1.807) is 7.11 Å². The van der Waals surface area contributed by atoms with Crippen molar-refractivity contribution in [3.63, 3.8) is 0 Å². The van der Waals surface area contributed by atoms with E-state index in [1.165, 1.54) is 38.5 Å². The number of carbonyl (C=O) groups excluding carboxylic acids is 1. The standard InChI is InChI=1S/C16H28N2O2/c1-18(15(19)14(9-17)20-2)10-16-6-11-3-12(7-16)5-13(4-11)8-16/h11-14H,3-10,17H2,1-2H3. The summed E-state index contributed by atoms with van der Waals surface area (Å²) >= 11 is 0. The van der Waals surface area contributed by atoms with Gasteiger partial charge in [-0.15, -0.1) is 0 Å². The molecule has 4 aliphatic rings. The van der Waals surface area contributed by atoms with Crippen molar-refractivity contribution >= 4 is 5.91 Å². The van der Waals surface area contributed by atoms with E-state index < -0.39 is 6.10 Å². The number of carbonyl (C=O) groups is 1. The average Bonchev–Trinajstić information content (AvgIpc) is 2.37. The van der Waals surface area contributed by atoms with Crippen molar-refractivity contribution in [3.05, 3.63) is 0 Å². The number of methoxy groups -OCH3 is 1. The first-order chi connectivity index (χ1) is 9.55. The SMILES string of the molecule is COC(CN)C(=O)N(C)CC12CC3CC(CC(C3)C1)C2. The van der Waals surface area contributed by atoms with Gasteiger partial charge in [0.05, 0.1) is 0 Å². The summed E-state index contributed by atoms with van der Waals surface area (Å²) in [5.41, 5.74) is 6.01. The summed E-state index contributed by atoms with van der Waals surface area (Å²) in [6.07, 6.45) is 7.85. The summed E-state index contributed by atoms with van der Waals surface area (Å²) < 4.78 is 5.19. The molecular formula is C16H28N2O2. The molecule has 2 N–H and O–H groups in total. The number of hydrogen-bond donors (Lipinski definition) is 1. The van der Waals surface area contributed by atoms with Crippen molar-refractivity contribution in [3.8, 4) is 0 Å². The molecule has 4 bridgehead atoms. The highest BCUT2D eigenvalue weighted by Crippen LogP contribution is 2.60. The molecule has 4 saturated carbocycles. The molecule has 0 aliphatic heterocycles. The number of likely N-dealkylation sites (N-methyl/N-ethyl adjacent to an activating group) is 1. The van der Waals surface area contributed by atoms with E-state index in [9.17, 15) is 4.79 Å². The van der Waals surface area contributed by atoms with Crippen LogP contribution in [0.5, 0.6) is 0 Å². The van der Waals surface area contributed by atoms with E-state index >= 15 is 0 Å². The second-order valence-corrected chi connectivity index (χ2v) is 7.57. The van der Waals surface area contributed by atoms with Crippen molar-refractivity contribution < 1.29 is 9.53 Å². The van der Waals surface area contributed by atoms with E-state index in [0.717, 1.165) is 24.3 Å². The number of amides is 1. The zero-order valence-corrected chi connectivity index (χ0v) is 12.8. The number of hydrogen-bond acceptors (Lipinski definition) is 3.